The van der Waals surface area contributed by atoms with Crippen molar-refractivity contribution in [3.63, 3.8) is 0 Å². The van der Waals surface area contributed by atoms with E-state index in [1.165, 1.54) is 11.8 Å². The fraction of sp³-hybridized carbons (Fsp3) is 0.308. The maximum absolute atomic E-state index is 13.3. The lowest BCUT2D eigenvalue weighted by Crippen LogP contribution is -2.31. The lowest BCUT2D eigenvalue weighted by molar-refractivity contribution is -0.113. The largest absolute Gasteiger partial charge is 0.328 e. The lowest BCUT2D eigenvalue weighted by Gasteiger charge is -2.29. The molecule has 2 N–H and O–H groups in total. The highest BCUT2D eigenvalue weighted by molar-refractivity contribution is 7.99. The van der Waals surface area contributed by atoms with E-state index in [1.54, 1.807) is 4.68 Å². The highest BCUT2D eigenvalue weighted by atomic mass is 32.2. The Bertz CT molecular complexity index is 1220. The lowest BCUT2D eigenvalue weighted by atomic mass is 9.94. The van der Waals surface area contributed by atoms with E-state index < -0.39 is 0 Å². The van der Waals surface area contributed by atoms with Crippen LogP contribution < -0.4 is 10.6 Å². The third kappa shape index (κ3) is 5.39. The van der Waals surface area contributed by atoms with Crippen LogP contribution in [0.25, 0.3) is 0 Å². The summed E-state index contributed by atoms with van der Waals surface area (Å²) in [6.45, 7) is 8.12. The van der Waals surface area contributed by atoms with E-state index in [9.17, 15) is 9.59 Å². The average Bonchev–Trinajstić information content (AvgIpc) is 3.21. The zero-order chi connectivity index (χ0) is 24.2. The normalized spacial score (nSPS) is 15.1. The van der Waals surface area contributed by atoms with Crippen molar-refractivity contribution in [2.24, 2.45) is 5.92 Å². The van der Waals surface area contributed by atoms with Crippen molar-refractivity contribution in [3.8, 4) is 0 Å². The molecule has 7 nitrogen and oxygen atoms in total. The van der Waals surface area contributed by atoms with E-state index >= 15 is 0 Å². The van der Waals surface area contributed by atoms with E-state index in [-0.39, 0.29) is 23.5 Å². The number of rotatable bonds is 8. The van der Waals surface area contributed by atoms with Crippen LogP contribution in [-0.2, 0) is 4.79 Å². The van der Waals surface area contributed by atoms with Gasteiger partial charge in [-0.25, -0.2) is 4.68 Å². The average molecular weight is 476 g/mol. The number of benzene rings is 2. The van der Waals surface area contributed by atoms with Crippen LogP contribution in [0.2, 0.25) is 0 Å². The number of hydrogen-bond acceptors (Lipinski definition) is 6. The zero-order valence-electron chi connectivity index (χ0n) is 19.8. The van der Waals surface area contributed by atoms with Gasteiger partial charge in [-0.05, 0) is 38.3 Å². The predicted molar refractivity (Wildman–Crippen MR) is 136 cm³/mol. The number of ketones is 1. The number of nitrogens with one attached hydrogen (secondary N) is 2. The molecule has 4 rings (SSSR count). The molecule has 1 aromatic heterocycles. The van der Waals surface area contributed by atoms with Gasteiger partial charge in [0.05, 0.1) is 17.4 Å². The second-order valence-corrected chi connectivity index (χ2v) is 9.81. The fourth-order valence-corrected chi connectivity index (χ4v) is 4.66. The molecule has 1 aliphatic heterocycles. The Labute approximate surface area is 204 Å². The minimum atomic E-state index is -0.255. The standard InChI is InChI=1S/C26H29N5O2S/c1-16(2)14-21-23(24(33)28-20-8-6-5-7-9-20)18(4)27-25-29-26(30-31(21)25)34-15-22(32)19-12-10-17(3)11-13-19/h5-13,16,21H,14-15H2,1-4H3,(H,28,33)(H,27,29,30). The number of allylic oxidation sites excluding steroid dienone is 1. The van der Waals surface area contributed by atoms with Gasteiger partial charge >= 0.3 is 0 Å². The molecule has 34 heavy (non-hydrogen) atoms. The quantitative estimate of drug-likeness (QED) is 0.331. The number of hydrogen-bond donors (Lipinski definition) is 2. The molecule has 0 saturated heterocycles. The van der Waals surface area contributed by atoms with Crippen LogP contribution in [-0.4, -0.2) is 32.2 Å². The Kier molecular flexibility index (Phi) is 7.17. The summed E-state index contributed by atoms with van der Waals surface area (Å²) in [5, 5.41) is 11.4. The number of aryl methyl sites for hydroxylation is 1. The first kappa shape index (κ1) is 23.8. The molecule has 1 aliphatic rings. The molecule has 8 heteroatoms. The van der Waals surface area contributed by atoms with Gasteiger partial charge in [0, 0.05) is 16.9 Å². The summed E-state index contributed by atoms with van der Waals surface area (Å²) in [6.07, 6.45) is 0.735. The Hall–Kier alpha value is -3.39. The SMILES string of the molecule is CC1=C(C(=O)Nc2ccccc2)C(CC(C)C)n2nc(SCC(=O)c3ccc(C)cc3)nc2N1. The van der Waals surface area contributed by atoms with Gasteiger partial charge in [-0.15, -0.1) is 5.10 Å². The van der Waals surface area contributed by atoms with Crippen LogP contribution in [0, 0.1) is 12.8 Å². The smallest absolute Gasteiger partial charge is 0.255 e. The molecular formula is C26H29N5O2S. The summed E-state index contributed by atoms with van der Waals surface area (Å²) in [5.74, 6) is 1.04. The third-order valence-corrected chi connectivity index (χ3v) is 6.46. The molecule has 176 valence electrons. The Morgan fingerprint density at radius 3 is 2.47 bits per heavy atom. The summed E-state index contributed by atoms with van der Waals surface area (Å²) in [7, 11) is 0. The van der Waals surface area contributed by atoms with Gasteiger partial charge in [-0.1, -0.05) is 73.6 Å². The van der Waals surface area contributed by atoms with Gasteiger partial charge in [-0.3, -0.25) is 9.59 Å². The van der Waals surface area contributed by atoms with Gasteiger partial charge in [0.1, 0.15) is 0 Å². The Balaban J connectivity index is 1.54. The minimum Gasteiger partial charge on any atom is -0.328 e. The number of Topliss-reactive ketones (excluding diaryl/α,β-unsaturated/α-hetero) is 1. The highest BCUT2D eigenvalue weighted by Gasteiger charge is 2.33. The molecule has 0 saturated carbocycles. The Morgan fingerprint density at radius 1 is 1.09 bits per heavy atom. The van der Waals surface area contributed by atoms with Gasteiger partial charge < -0.3 is 10.6 Å². The second-order valence-electron chi connectivity index (χ2n) is 8.87. The van der Waals surface area contributed by atoms with Crippen LogP contribution >= 0.6 is 11.8 Å². The van der Waals surface area contributed by atoms with E-state index in [0.29, 0.717) is 28.2 Å². The van der Waals surface area contributed by atoms with Crippen molar-refractivity contribution in [2.45, 2.75) is 45.3 Å². The summed E-state index contributed by atoms with van der Waals surface area (Å²) >= 11 is 1.30. The first-order valence-corrected chi connectivity index (χ1v) is 12.3. The van der Waals surface area contributed by atoms with Gasteiger partial charge in [0.2, 0.25) is 11.1 Å². The maximum Gasteiger partial charge on any atom is 0.255 e. The highest BCUT2D eigenvalue weighted by Crippen LogP contribution is 2.36. The summed E-state index contributed by atoms with van der Waals surface area (Å²) in [5.41, 5.74) is 3.93. The third-order valence-electron chi connectivity index (χ3n) is 5.62. The van der Waals surface area contributed by atoms with Crippen molar-refractivity contribution in [1.29, 1.82) is 0 Å². The minimum absolute atomic E-state index is 0.0293. The number of carbonyl (C=O) groups is 2. The molecular weight excluding hydrogens is 446 g/mol. The second kappa shape index (κ2) is 10.3. The van der Waals surface area contributed by atoms with E-state index in [2.05, 4.69) is 34.6 Å². The molecule has 3 aromatic rings. The molecule has 0 fully saturated rings. The van der Waals surface area contributed by atoms with Crippen LogP contribution in [0.3, 0.4) is 0 Å². The van der Waals surface area contributed by atoms with Gasteiger partial charge in [0.15, 0.2) is 5.78 Å². The van der Waals surface area contributed by atoms with E-state index in [4.69, 9.17) is 0 Å². The van der Waals surface area contributed by atoms with Crippen molar-refractivity contribution in [3.05, 3.63) is 77.0 Å². The Morgan fingerprint density at radius 2 is 1.79 bits per heavy atom. The van der Waals surface area contributed by atoms with Crippen LogP contribution in [0.15, 0.2) is 71.0 Å². The molecule has 2 heterocycles. The topological polar surface area (TPSA) is 88.9 Å². The molecule has 0 bridgehead atoms. The molecule has 0 aliphatic carbocycles. The first-order chi connectivity index (χ1) is 16.3. The molecule has 0 spiro atoms. The first-order valence-electron chi connectivity index (χ1n) is 11.3. The summed E-state index contributed by atoms with van der Waals surface area (Å²) in [4.78, 5) is 30.5. The van der Waals surface area contributed by atoms with Gasteiger partial charge in [0.25, 0.3) is 5.91 Å². The molecule has 1 amide bonds. The van der Waals surface area contributed by atoms with E-state index in [0.717, 1.165) is 23.4 Å². The summed E-state index contributed by atoms with van der Waals surface area (Å²) in [6, 6.07) is 16.7. The van der Waals surface area contributed by atoms with Crippen molar-refractivity contribution in [2.75, 3.05) is 16.4 Å². The number of anilines is 2. The van der Waals surface area contributed by atoms with Gasteiger partial charge in [-0.2, -0.15) is 4.98 Å². The monoisotopic (exact) mass is 475 g/mol. The number of para-hydroxylation sites is 1. The number of aromatic nitrogens is 3. The van der Waals surface area contributed by atoms with Crippen molar-refractivity contribution < 1.29 is 9.59 Å². The number of thioether (sulfide) groups is 1. The fourth-order valence-electron chi connectivity index (χ4n) is 3.93. The molecule has 1 unspecified atom stereocenters. The molecule has 2 aromatic carbocycles. The zero-order valence-corrected chi connectivity index (χ0v) is 20.6. The molecule has 1 atom stereocenters. The van der Waals surface area contributed by atoms with Crippen molar-refractivity contribution >= 4 is 35.1 Å². The predicted octanol–water partition coefficient (Wildman–Crippen LogP) is 5.49. The number of amides is 1. The van der Waals surface area contributed by atoms with Crippen LogP contribution in [0.4, 0.5) is 11.6 Å². The van der Waals surface area contributed by atoms with Crippen molar-refractivity contribution in [1.82, 2.24) is 14.8 Å². The number of fused-ring (bicyclic) bond motifs is 1. The maximum atomic E-state index is 13.3. The number of nitrogens with zero attached hydrogens (tertiary/aromatic N) is 3. The van der Waals surface area contributed by atoms with E-state index in [1.807, 2.05) is 68.4 Å². The van der Waals surface area contributed by atoms with Crippen LogP contribution in [0.5, 0.6) is 0 Å². The number of carbonyl (C=O) groups excluding carboxylic acids is 2. The summed E-state index contributed by atoms with van der Waals surface area (Å²) < 4.78 is 1.78. The van der Waals surface area contributed by atoms with Crippen LogP contribution in [0.1, 0.15) is 49.2 Å². The molecule has 0 radical (unpaired) electrons.